The molecule has 1 saturated heterocycles. The summed E-state index contributed by atoms with van der Waals surface area (Å²) in [4.78, 5) is 41.5. The second-order valence-corrected chi connectivity index (χ2v) is 6.72. The van der Waals surface area contributed by atoms with E-state index in [2.05, 4.69) is 30.8 Å². The molecule has 1 aromatic carbocycles. The van der Waals surface area contributed by atoms with Gasteiger partial charge in [-0.1, -0.05) is 15.9 Å². The number of aromatic amines is 2. The highest BCUT2D eigenvalue weighted by molar-refractivity contribution is 9.10. The summed E-state index contributed by atoms with van der Waals surface area (Å²) >= 11 is 3.40. The molecular formula is C15H17Br2N3O4. The van der Waals surface area contributed by atoms with Crippen molar-refractivity contribution < 1.29 is 9.90 Å². The van der Waals surface area contributed by atoms with Crippen molar-refractivity contribution in [2.75, 3.05) is 13.1 Å². The van der Waals surface area contributed by atoms with Crippen molar-refractivity contribution in [2.45, 2.75) is 19.4 Å². The van der Waals surface area contributed by atoms with E-state index in [-0.39, 0.29) is 22.9 Å². The number of carboxylic acid groups (broad SMARTS) is 1. The van der Waals surface area contributed by atoms with Crippen LogP contribution in [0.25, 0.3) is 11.0 Å². The molecule has 0 amide bonds. The van der Waals surface area contributed by atoms with Crippen LogP contribution in [0.15, 0.2) is 26.2 Å². The van der Waals surface area contributed by atoms with Gasteiger partial charge >= 0.3 is 17.1 Å². The van der Waals surface area contributed by atoms with E-state index in [1.165, 1.54) is 0 Å². The number of aliphatic carboxylic acids is 1. The maximum absolute atomic E-state index is 11.6. The third-order valence-corrected chi connectivity index (χ3v) is 4.58. The number of halogens is 2. The number of rotatable bonds is 3. The molecule has 1 fully saturated rings. The van der Waals surface area contributed by atoms with Crippen LogP contribution in [0, 0.1) is 5.92 Å². The van der Waals surface area contributed by atoms with Gasteiger partial charge in [-0.05, 0) is 37.1 Å². The van der Waals surface area contributed by atoms with Crippen LogP contribution < -0.4 is 11.1 Å². The van der Waals surface area contributed by atoms with E-state index >= 15 is 0 Å². The number of aromatic nitrogens is 2. The number of H-pyrrole nitrogens is 2. The van der Waals surface area contributed by atoms with Crippen LogP contribution in [0.4, 0.5) is 0 Å². The summed E-state index contributed by atoms with van der Waals surface area (Å²) in [5.41, 5.74) is 0.586. The van der Waals surface area contributed by atoms with Crippen LogP contribution >= 0.6 is 32.9 Å². The minimum atomic E-state index is -0.772. The first-order chi connectivity index (χ1) is 10.9. The van der Waals surface area contributed by atoms with Crippen molar-refractivity contribution in [3.05, 3.63) is 42.9 Å². The van der Waals surface area contributed by atoms with Crippen LogP contribution in [0.5, 0.6) is 0 Å². The van der Waals surface area contributed by atoms with Gasteiger partial charge < -0.3 is 15.1 Å². The number of hydrogen-bond donors (Lipinski definition) is 3. The van der Waals surface area contributed by atoms with E-state index in [4.69, 9.17) is 0 Å². The molecule has 1 atom stereocenters. The van der Waals surface area contributed by atoms with Crippen LogP contribution in [0.2, 0.25) is 0 Å². The minimum absolute atomic E-state index is 0. The molecule has 1 aliphatic rings. The molecule has 7 nitrogen and oxygen atoms in total. The first kappa shape index (κ1) is 18.9. The van der Waals surface area contributed by atoms with Gasteiger partial charge in [0.2, 0.25) is 0 Å². The minimum Gasteiger partial charge on any atom is -0.481 e. The largest absolute Gasteiger partial charge is 0.481 e. The van der Waals surface area contributed by atoms with Crippen molar-refractivity contribution in [1.29, 1.82) is 0 Å². The van der Waals surface area contributed by atoms with Gasteiger partial charge in [-0.25, -0.2) is 0 Å². The number of nitrogens with zero attached hydrogens (tertiary/aromatic N) is 1. The zero-order chi connectivity index (χ0) is 16.6. The van der Waals surface area contributed by atoms with Crippen LogP contribution in [-0.2, 0) is 11.3 Å². The van der Waals surface area contributed by atoms with Crippen molar-refractivity contribution in [3.8, 4) is 0 Å². The third kappa shape index (κ3) is 3.96. The normalized spacial score (nSPS) is 18.3. The number of carboxylic acids is 1. The van der Waals surface area contributed by atoms with Crippen LogP contribution in [0.3, 0.4) is 0 Å². The maximum atomic E-state index is 11.6. The molecule has 0 saturated carbocycles. The van der Waals surface area contributed by atoms with E-state index in [0.29, 0.717) is 30.5 Å². The van der Waals surface area contributed by atoms with Gasteiger partial charge in [-0.15, -0.1) is 17.0 Å². The first-order valence-corrected chi connectivity index (χ1v) is 8.13. The van der Waals surface area contributed by atoms with Crippen molar-refractivity contribution in [3.63, 3.8) is 0 Å². The molecule has 130 valence electrons. The van der Waals surface area contributed by atoms with E-state index in [9.17, 15) is 19.5 Å². The van der Waals surface area contributed by atoms with E-state index in [0.717, 1.165) is 23.0 Å². The number of nitrogens with one attached hydrogen (secondary N) is 2. The number of carbonyl (C=O) groups is 1. The molecule has 2 heterocycles. The molecule has 0 spiro atoms. The summed E-state index contributed by atoms with van der Waals surface area (Å²) in [6.07, 6.45) is 1.52. The molecule has 9 heteroatoms. The molecule has 0 radical (unpaired) electrons. The second-order valence-electron chi connectivity index (χ2n) is 5.81. The first-order valence-electron chi connectivity index (χ1n) is 7.34. The SMILES string of the molecule is Br.O=C(O)C1CCCN(Cc2cc(Br)cc3[nH]c(=O)c(=O)[nH]c23)C1. The van der Waals surface area contributed by atoms with Crippen LogP contribution in [0.1, 0.15) is 18.4 Å². The lowest BCUT2D eigenvalue weighted by atomic mass is 9.98. The smallest absolute Gasteiger partial charge is 0.314 e. The Balaban J connectivity index is 0.00000208. The van der Waals surface area contributed by atoms with E-state index < -0.39 is 17.1 Å². The number of fused-ring (bicyclic) bond motifs is 1. The number of piperidine rings is 1. The Morgan fingerprint density at radius 2 is 2.00 bits per heavy atom. The summed E-state index contributed by atoms with van der Waals surface area (Å²) in [7, 11) is 0. The molecule has 3 rings (SSSR count). The predicted octanol–water partition coefficient (Wildman–Crippen LogP) is 1.85. The predicted molar refractivity (Wildman–Crippen MR) is 98.8 cm³/mol. The lowest BCUT2D eigenvalue weighted by molar-refractivity contribution is -0.143. The molecule has 3 N–H and O–H groups in total. The van der Waals surface area contributed by atoms with Crippen LogP contribution in [-0.4, -0.2) is 39.0 Å². The monoisotopic (exact) mass is 461 g/mol. The van der Waals surface area contributed by atoms with Gasteiger partial charge in [0.05, 0.1) is 17.0 Å². The van der Waals surface area contributed by atoms with Gasteiger partial charge in [0.15, 0.2) is 0 Å². The highest BCUT2D eigenvalue weighted by Gasteiger charge is 2.25. The zero-order valence-corrected chi connectivity index (χ0v) is 16.0. The lowest BCUT2D eigenvalue weighted by Gasteiger charge is -2.30. The lowest BCUT2D eigenvalue weighted by Crippen LogP contribution is -2.38. The topological polar surface area (TPSA) is 106 Å². The van der Waals surface area contributed by atoms with E-state index in [1.807, 2.05) is 6.07 Å². The second kappa shape index (κ2) is 7.62. The fourth-order valence-electron chi connectivity index (χ4n) is 3.03. The standard InChI is InChI=1S/C15H16BrN3O4.BrH/c16-10-4-9(7-19-3-1-2-8(6-19)15(22)23)12-11(5-10)17-13(20)14(21)18-12;/h4-5,8H,1-3,6-7H2,(H,17,20)(H,18,21)(H,22,23);1H. The quantitative estimate of drug-likeness (QED) is 0.603. The Labute approximate surface area is 156 Å². The van der Waals surface area contributed by atoms with E-state index in [1.54, 1.807) is 6.07 Å². The van der Waals surface area contributed by atoms with Crippen molar-refractivity contribution in [1.82, 2.24) is 14.9 Å². The summed E-state index contributed by atoms with van der Waals surface area (Å²) in [6, 6.07) is 3.60. The van der Waals surface area contributed by atoms with Gasteiger partial charge in [0.25, 0.3) is 0 Å². The molecule has 2 aromatic rings. The molecule has 1 aromatic heterocycles. The number of hydrogen-bond acceptors (Lipinski definition) is 4. The zero-order valence-electron chi connectivity index (χ0n) is 12.7. The fraction of sp³-hybridized carbons (Fsp3) is 0.400. The van der Waals surface area contributed by atoms with Gasteiger partial charge in [0, 0.05) is 17.6 Å². The maximum Gasteiger partial charge on any atom is 0.314 e. The Bertz CT molecular complexity index is 877. The van der Waals surface area contributed by atoms with Crippen molar-refractivity contribution in [2.24, 2.45) is 5.92 Å². The number of benzene rings is 1. The Kier molecular flexibility index (Phi) is 6.00. The molecule has 0 aliphatic carbocycles. The highest BCUT2D eigenvalue weighted by atomic mass is 79.9. The summed E-state index contributed by atoms with van der Waals surface area (Å²) in [5.74, 6) is -1.13. The highest BCUT2D eigenvalue weighted by Crippen LogP contribution is 2.24. The molecular weight excluding hydrogens is 446 g/mol. The average Bonchev–Trinajstić information content (AvgIpc) is 2.49. The van der Waals surface area contributed by atoms with Gasteiger partial charge in [-0.3, -0.25) is 19.3 Å². The summed E-state index contributed by atoms with van der Waals surface area (Å²) in [5, 5.41) is 9.18. The summed E-state index contributed by atoms with van der Waals surface area (Å²) < 4.78 is 0.787. The molecule has 1 aliphatic heterocycles. The third-order valence-electron chi connectivity index (χ3n) is 4.13. The Morgan fingerprint density at radius 3 is 2.71 bits per heavy atom. The number of likely N-dealkylation sites (tertiary alicyclic amines) is 1. The fourth-order valence-corrected chi connectivity index (χ4v) is 3.53. The Hall–Kier alpha value is -1.45. The molecule has 1 unspecified atom stereocenters. The molecule has 24 heavy (non-hydrogen) atoms. The average molecular weight is 463 g/mol. The van der Waals surface area contributed by atoms with Gasteiger partial charge in [-0.2, -0.15) is 0 Å². The molecule has 0 bridgehead atoms. The Morgan fingerprint density at radius 1 is 1.29 bits per heavy atom. The van der Waals surface area contributed by atoms with Crippen molar-refractivity contribution >= 4 is 49.9 Å². The van der Waals surface area contributed by atoms with Gasteiger partial charge in [0.1, 0.15) is 0 Å². The summed E-state index contributed by atoms with van der Waals surface area (Å²) in [6.45, 7) is 1.81.